The van der Waals surface area contributed by atoms with Gasteiger partial charge < -0.3 is 9.84 Å². The van der Waals surface area contributed by atoms with Crippen molar-refractivity contribution in [1.82, 2.24) is 15.1 Å². The van der Waals surface area contributed by atoms with E-state index >= 15 is 0 Å². The molecule has 6 nitrogen and oxygen atoms in total. The van der Waals surface area contributed by atoms with Gasteiger partial charge in [0.15, 0.2) is 5.13 Å². The Balaban J connectivity index is 1.28. The summed E-state index contributed by atoms with van der Waals surface area (Å²) < 4.78 is 5.31. The van der Waals surface area contributed by atoms with Crippen LogP contribution in [0.15, 0.2) is 65.3 Å². The molecular formula is C24H24N4O2S. The zero-order chi connectivity index (χ0) is 21.6. The molecular weight excluding hydrogens is 408 g/mol. The minimum atomic E-state index is -0.123. The largest absolute Gasteiger partial charge is 0.339 e. The summed E-state index contributed by atoms with van der Waals surface area (Å²) in [6.07, 6.45) is 3.24. The number of carbonyl (C=O) groups is 1. The van der Waals surface area contributed by atoms with Crippen molar-refractivity contribution in [2.24, 2.45) is 0 Å². The number of nitrogens with one attached hydrogen (secondary N) is 1. The van der Waals surface area contributed by atoms with Crippen molar-refractivity contribution >= 4 is 22.4 Å². The maximum Gasteiger partial charge on any atom is 0.227 e. The highest BCUT2D eigenvalue weighted by Crippen LogP contribution is 2.22. The van der Waals surface area contributed by atoms with Crippen LogP contribution >= 0.6 is 11.3 Å². The molecule has 0 fully saturated rings. The number of hydrogen-bond donors (Lipinski definition) is 1. The summed E-state index contributed by atoms with van der Waals surface area (Å²) in [5.41, 5.74) is 3.38. The smallest absolute Gasteiger partial charge is 0.227 e. The van der Waals surface area contributed by atoms with Gasteiger partial charge in [-0.3, -0.25) is 4.79 Å². The van der Waals surface area contributed by atoms with E-state index in [1.807, 2.05) is 36.5 Å². The minimum absolute atomic E-state index is 0.123. The van der Waals surface area contributed by atoms with E-state index in [2.05, 4.69) is 58.6 Å². The Morgan fingerprint density at radius 1 is 1.10 bits per heavy atom. The van der Waals surface area contributed by atoms with Gasteiger partial charge in [0, 0.05) is 35.9 Å². The topological polar surface area (TPSA) is 80.9 Å². The number of aryl methyl sites for hydroxylation is 1. The normalized spacial score (nSPS) is 11.1. The fraction of sp³-hybridized carbons (Fsp3) is 0.250. The molecule has 7 heteroatoms. The molecule has 2 heterocycles. The summed E-state index contributed by atoms with van der Waals surface area (Å²) in [5, 5.41) is 7.49. The second kappa shape index (κ2) is 9.66. The number of carbonyl (C=O) groups excluding carboxylic acids is 1. The Kier molecular flexibility index (Phi) is 6.52. The van der Waals surface area contributed by atoms with E-state index in [0.29, 0.717) is 29.2 Å². The third-order valence-electron chi connectivity index (χ3n) is 4.89. The molecule has 0 saturated heterocycles. The first-order chi connectivity index (χ1) is 15.1. The summed E-state index contributed by atoms with van der Waals surface area (Å²) in [6.45, 7) is 4.31. The number of anilines is 1. The van der Waals surface area contributed by atoms with E-state index < -0.39 is 0 Å². The molecule has 0 aliphatic rings. The standard InChI is InChI=1S/C24H24N4O2S/c1-16(2)18-8-10-19(11-9-18)23-27-22(30-28-23)13-12-21(29)26-24-25-15-20(31-24)14-17-6-4-3-5-7-17/h3-11,15-16H,12-14H2,1-2H3,(H,25,26,29). The SMILES string of the molecule is CC(C)c1ccc(-c2noc(CCC(=O)Nc3ncc(Cc4ccccc4)s3)n2)cc1. The van der Waals surface area contributed by atoms with Crippen LogP contribution in [0.25, 0.3) is 11.4 Å². The van der Waals surface area contributed by atoms with Crippen LogP contribution in [0.5, 0.6) is 0 Å². The Morgan fingerprint density at radius 2 is 1.87 bits per heavy atom. The summed E-state index contributed by atoms with van der Waals surface area (Å²) in [6, 6.07) is 18.3. The number of rotatable bonds is 8. The molecule has 158 valence electrons. The number of thiazole rings is 1. The molecule has 4 aromatic rings. The molecule has 2 aromatic heterocycles. The maximum absolute atomic E-state index is 12.3. The molecule has 0 radical (unpaired) electrons. The van der Waals surface area contributed by atoms with Gasteiger partial charge in [-0.15, -0.1) is 11.3 Å². The van der Waals surface area contributed by atoms with Gasteiger partial charge in [0.05, 0.1) is 0 Å². The molecule has 4 rings (SSSR count). The predicted octanol–water partition coefficient (Wildman–Crippen LogP) is 5.48. The van der Waals surface area contributed by atoms with Crippen LogP contribution in [0, 0.1) is 0 Å². The number of amides is 1. The fourth-order valence-corrected chi connectivity index (χ4v) is 4.00. The number of aromatic nitrogens is 3. The molecule has 0 atom stereocenters. The molecule has 31 heavy (non-hydrogen) atoms. The maximum atomic E-state index is 12.3. The molecule has 0 bridgehead atoms. The van der Waals surface area contributed by atoms with Crippen molar-refractivity contribution < 1.29 is 9.32 Å². The zero-order valence-corrected chi connectivity index (χ0v) is 18.4. The minimum Gasteiger partial charge on any atom is -0.339 e. The van der Waals surface area contributed by atoms with Crippen LogP contribution in [-0.4, -0.2) is 21.0 Å². The van der Waals surface area contributed by atoms with Gasteiger partial charge in [-0.05, 0) is 17.0 Å². The molecule has 0 saturated carbocycles. The van der Waals surface area contributed by atoms with Crippen molar-refractivity contribution in [1.29, 1.82) is 0 Å². The highest BCUT2D eigenvalue weighted by molar-refractivity contribution is 7.15. The lowest BCUT2D eigenvalue weighted by Gasteiger charge is -2.04. The fourth-order valence-electron chi connectivity index (χ4n) is 3.14. The van der Waals surface area contributed by atoms with Gasteiger partial charge in [-0.25, -0.2) is 4.98 Å². The van der Waals surface area contributed by atoms with Crippen molar-refractivity contribution in [2.45, 2.75) is 39.0 Å². The summed E-state index contributed by atoms with van der Waals surface area (Å²) in [4.78, 5) is 22.1. The van der Waals surface area contributed by atoms with E-state index in [-0.39, 0.29) is 12.3 Å². The number of benzene rings is 2. The molecule has 1 amide bonds. The average molecular weight is 433 g/mol. The van der Waals surface area contributed by atoms with Crippen LogP contribution in [0.4, 0.5) is 5.13 Å². The zero-order valence-electron chi connectivity index (χ0n) is 17.5. The Morgan fingerprint density at radius 3 is 2.61 bits per heavy atom. The van der Waals surface area contributed by atoms with Crippen LogP contribution in [-0.2, 0) is 17.6 Å². The van der Waals surface area contributed by atoms with Gasteiger partial charge in [-0.1, -0.05) is 73.6 Å². The predicted molar refractivity (Wildman–Crippen MR) is 122 cm³/mol. The van der Waals surface area contributed by atoms with Crippen LogP contribution in [0.1, 0.15) is 48.1 Å². The first-order valence-electron chi connectivity index (χ1n) is 10.3. The van der Waals surface area contributed by atoms with Gasteiger partial charge in [0.1, 0.15) is 0 Å². The van der Waals surface area contributed by atoms with Crippen molar-refractivity contribution in [2.75, 3.05) is 5.32 Å². The van der Waals surface area contributed by atoms with Crippen molar-refractivity contribution in [3.8, 4) is 11.4 Å². The first-order valence-corrected chi connectivity index (χ1v) is 11.1. The molecule has 0 aliphatic carbocycles. The quantitative estimate of drug-likeness (QED) is 0.399. The molecule has 0 spiro atoms. The second-order valence-electron chi connectivity index (χ2n) is 7.63. The molecule has 2 aromatic carbocycles. The number of hydrogen-bond acceptors (Lipinski definition) is 6. The van der Waals surface area contributed by atoms with E-state index in [1.54, 1.807) is 0 Å². The van der Waals surface area contributed by atoms with Gasteiger partial charge in [0.2, 0.25) is 17.6 Å². The van der Waals surface area contributed by atoms with E-state index in [0.717, 1.165) is 16.9 Å². The highest BCUT2D eigenvalue weighted by Gasteiger charge is 2.12. The third-order valence-corrected chi connectivity index (χ3v) is 5.80. The lowest BCUT2D eigenvalue weighted by Crippen LogP contribution is -2.12. The van der Waals surface area contributed by atoms with Gasteiger partial charge >= 0.3 is 0 Å². The lowest BCUT2D eigenvalue weighted by molar-refractivity contribution is -0.116. The van der Waals surface area contributed by atoms with E-state index in [9.17, 15) is 4.79 Å². The van der Waals surface area contributed by atoms with Crippen LogP contribution < -0.4 is 5.32 Å². The van der Waals surface area contributed by atoms with Gasteiger partial charge in [-0.2, -0.15) is 4.98 Å². The molecule has 1 N–H and O–H groups in total. The van der Waals surface area contributed by atoms with Gasteiger partial charge in [0.25, 0.3) is 0 Å². The molecule has 0 aliphatic heterocycles. The third kappa shape index (κ3) is 5.64. The lowest BCUT2D eigenvalue weighted by atomic mass is 10.0. The van der Waals surface area contributed by atoms with Crippen molar-refractivity contribution in [3.05, 3.63) is 82.7 Å². The van der Waals surface area contributed by atoms with E-state index in [1.165, 1.54) is 22.5 Å². The first kappa shape index (κ1) is 20.9. The number of nitrogens with zero attached hydrogens (tertiary/aromatic N) is 3. The second-order valence-corrected chi connectivity index (χ2v) is 8.75. The summed E-state index contributed by atoms with van der Waals surface area (Å²) in [5.74, 6) is 1.33. The Hall–Kier alpha value is -3.32. The monoisotopic (exact) mass is 432 g/mol. The average Bonchev–Trinajstić information content (AvgIpc) is 3.43. The summed E-state index contributed by atoms with van der Waals surface area (Å²) in [7, 11) is 0. The highest BCUT2D eigenvalue weighted by atomic mass is 32.1. The van der Waals surface area contributed by atoms with Crippen molar-refractivity contribution in [3.63, 3.8) is 0 Å². The Labute approximate surface area is 185 Å². The molecule has 0 unspecified atom stereocenters. The van der Waals surface area contributed by atoms with Crippen LogP contribution in [0.2, 0.25) is 0 Å². The van der Waals surface area contributed by atoms with E-state index in [4.69, 9.17) is 4.52 Å². The summed E-state index contributed by atoms with van der Waals surface area (Å²) >= 11 is 1.49. The Bertz CT molecular complexity index is 1130. The van der Waals surface area contributed by atoms with Crippen LogP contribution in [0.3, 0.4) is 0 Å².